The van der Waals surface area contributed by atoms with Gasteiger partial charge in [-0.25, -0.2) is 4.79 Å². The second-order valence-corrected chi connectivity index (χ2v) is 5.99. The third-order valence-electron chi connectivity index (χ3n) is 3.75. The van der Waals surface area contributed by atoms with Gasteiger partial charge in [-0.1, -0.05) is 6.07 Å². The van der Waals surface area contributed by atoms with Crippen molar-refractivity contribution in [2.24, 2.45) is 0 Å². The number of aliphatic carboxylic acids is 1. The van der Waals surface area contributed by atoms with Crippen LogP contribution < -0.4 is 5.32 Å². The quantitative estimate of drug-likeness (QED) is 0.867. The van der Waals surface area contributed by atoms with Crippen LogP contribution in [0.3, 0.4) is 0 Å². The number of carbonyl (C=O) groups is 2. The van der Waals surface area contributed by atoms with Crippen LogP contribution in [0.15, 0.2) is 18.2 Å². The molecule has 1 saturated heterocycles. The van der Waals surface area contributed by atoms with Gasteiger partial charge in [0.25, 0.3) is 5.91 Å². The maximum Gasteiger partial charge on any atom is 0.327 e. The van der Waals surface area contributed by atoms with Gasteiger partial charge >= 0.3 is 5.97 Å². The SMILES string of the molecule is O=C(O)C1CSCN1C(=O)c1cccc2c1CCCN2. The molecule has 6 heteroatoms. The number of rotatable bonds is 2. The van der Waals surface area contributed by atoms with Gasteiger partial charge in [0, 0.05) is 23.5 Å². The number of benzene rings is 1. The summed E-state index contributed by atoms with van der Waals surface area (Å²) in [7, 11) is 0. The second kappa shape index (κ2) is 5.36. The lowest BCUT2D eigenvalue weighted by atomic mass is 9.96. The number of thioether (sulfide) groups is 1. The van der Waals surface area contributed by atoms with Crippen LogP contribution in [0.2, 0.25) is 0 Å². The number of anilines is 1. The number of amides is 1. The molecule has 1 amide bonds. The van der Waals surface area contributed by atoms with Crippen molar-refractivity contribution in [2.45, 2.75) is 18.9 Å². The van der Waals surface area contributed by atoms with Crippen molar-refractivity contribution >= 4 is 29.3 Å². The molecule has 0 spiro atoms. The molecule has 0 bridgehead atoms. The monoisotopic (exact) mass is 292 g/mol. The van der Waals surface area contributed by atoms with Crippen molar-refractivity contribution in [3.05, 3.63) is 29.3 Å². The van der Waals surface area contributed by atoms with E-state index >= 15 is 0 Å². The van der Waals surface area contributed by atoms with Crippen molar-refractivity contribution in [1.82, 2.24) is 4.90 Å². The lowest BCUT2D eigenvalue weighted by Gasteiger charge is -2.25. The number of carbonyl (C=O) groups excluding carboxylic acids is 1. The fraction of sp³-hybridized carbons (Fsp3) is 0.429. The highest BCUT2D eigenvalue weighted by Crippen LogP contribution is 2.29. The summed E-state index contributed by atoms with van der Waals surface area (Å²) in [5.74, 6) is -0.171. The predicted molar refractivity (Wildman–Crippen MR) is 78.2 cm³/mol. The highest BCUT2D eigenvalue weighted by Gasteiger charge is 2.36. The van der Waals surface area contributed by atoms with Crippen LogP contribution in [0.5, 0.6) is 0 Å². The molecule has 3 rings (SSSR count). The molecule has 20 heavy (non-hydrogen) atoms. The van der Waals surface area contributed by atoms with Gasteiger partial charge in [-0.15, -0.1) is 11.8 Å². The molecule has 0 radical (unpaired) electrons. The van der Waals surface area contributed by atoms with Crippen molar-refractivity contribution in [3.8, 4) is 0 Å². The Hall–Kier alpha value is -1.69. The van der Waals surface area contributed by atoms with E-state index in [2.05, 4.69) is 5.32 Å². The maximum atomic E-state index is 12.7. The van der Waals surface area contributed by atoms with E-state index < -0.39 is 12.0 Å². The molecule has 2 aliphatic rings. The highest BCUT2D eigenvalue weighted by atomic mass is 32.2. The standard InChI is InChI=1S/C14H16N2O3S/c17-13(16-8-20-7-12(16)14(18)19)10-3-1-5-11-9(10)4-2-6-15-11/h1,3,5,12,15H,2,4,6-8H2,(H,18,19). The molecule has 2 N–H and O–H groups in total. The Morgan fingerprint density at radius 3 is 3.05 bits per heavy atom. The summed E-state index contributed by atoms with van der Waals surface area (Å²) >= 11 is 1.49. The van der Waals surface area contributed by atoms with E-state index in [9.17, 15) is 14.7 Å². The van der Waals surface area contributed by atoms with Crippen molar-refractivity contribution in [3.63, 3.8) is 0 Å². The molecule has 0 aliphatic carbocycles. The van der Waals surface area contributed by atoms with Crippen molar-refractivity contribution in [2.75, 3.05) is 23.5 Å². The van der Waals surface area contributed by atoms with Gasteiger partial charge in [0.1, 0.15) is 6.04 Å². The molecule has 1 fully saturated rings. The largest absolute Gasteiger partial charge is 0.480 e. The topological polar surface area (TPSA) is 69.6 Å². The molecule has 0 aromatic heterocycles. The van der Waals surface area contributed by atoms with Crippen LogP contribution in [-0.4, -0.2) is 46.1 Å². The molecule has 2 heterocycles. The minimum atomic E-state index is -0.925. The molecule has 5 nitrogen and oxygen atoms in total. The van der Waals surface area contributed by atoms with E-state index in [0.717, 1.165) is 30.6 Å². The molecule has 2 aliphatic heterocycles. The molecule has 1 atom stereocenters. The Balaban J connectivity index is 1.93. The van der Waals surface area contributed by atoms with Gasteiger partial charge < -0.3 is 15.3 Å². The van der Waals surface area contributed by atoms with E-state index in [1.165, 1.54) is 16.7 Å². The summed E-state index contributed by atoms with van der Waals surface area (Å²) in [6.07, 6.45) is 1.86. The number of carboxylic acid groups (broad SMARTS) is 1. The van der Waals surface area contributed by atoms with Crippen LogP contribution in [-0.2, 0) is 11.2 Å². The van der Waals surface area contributed by atoms with E-state index in [1.807, 2.05) is 12.1 Å². The summed E-state index contributed by atoms with van der Waals surface area (Å²) in [5.41, 5.74) is 2.66. The summed E-state index contributed by atoms with van der Waals surface area (Å²) in [4.78, 5) is 25.3. The van der Waals surface area contributed by atoms with E-state index in [1.54, 1.807) is 6.07 Å². The van der Waals surface area contributed by atoms with Gasteiger partial charge in [0.2, 0.25) is 0 Å². The first-order valence-electron chi connectivity index (χ1n) is 6.66. The van der Waals surface area contributed by atoms with Gasteiger partial charge in [-0.2, -0.15) is 0 Å². The lowest BCUT2D eigenvalue weighted by Crippen LogP contribution is -2.42. The first-order chi connectivity index (χ1) is 9.68. The molecule has 0 saturated carbocycles. The molecule has 106 valence electrons. The fourth-order valence-corrected chi connectivity index (χ4v) is 3.86. The van der Waals surface area contributed by atoms with E-state index in [-0.39, 0.29) is 5.91 Å². The zero-order valence-electron chi connectivity index (χ0n) is 11.0. The van der Waals surface area contributed by atoms with Crippen molar-refractivity contribution < 1.29 is 14.7 Å². The molecule has 1 aromatic rings. The Morgan fingerprint density at radius 1 is 1.40 bits per heavy atom. The smallest absolute Gasteiger partial charge is 0.327 e. The molecule has 1 unspecified atom stereocenters. The van der Waals surface area contributed by atoms with Crippen LogP contribution >= 0.6 is 11.8 Å². The van der Waals surface area contributed by atoms with Gasteiger partial charge in [-0.3, -0.25) is 4.79 Å². The van der Waals surface area contributed by atoms with Crippen LogP contribution in [0, 0.1) is 0 Å². The molecular formula is C14H16N2O3S. The highest BCUT2D eigenvalue weighted by molar-refractivity contribution is 7.99. The number of hydrogen-bond acceptors (Lipinski definition) is 4. The number of fused-ring (bicyclic) bond motifs is 1. The number of carboxylic acids is 1. The normalized spacial score (nSPS) is 21.2. The Labute approximate surface area is 121 Å². The summed E-state index contributed by atoms with van der Waals surface area (Å²) in [5, 5.41) is 12.5. The first-order valence-corrected chi connectivity index (χ1v) is 7.81. The van der Waals surface area contributed by atoms with Crippen LogP contribution in [0.1, 0.15) is 22.3 Å². The Morgan fingerprint density at radius 2 is 2.25 bits per heavy atom. The zero-order chi connectivity index (χ0) is 14.1. The van der Waals surface area contributed by atoms with E-state index in [4.69, 9.17) is 0 Å². The van der Waals surface area contributed by atoms with Crippen LogP contribution in [0.4, 0.5) is 5.69 Å². The van der Waals surface area contributed by atoms with Crippen LogP contribution in [0.25, 0.3) is 0 Å². The Bertz CT molecular complexity index is 561. The van der Waals surface area contributed by atoms with Crippen molar-refractivity contribution in [1.29, 1.82) is 0 Å². The molecular weight excluding hydrogens is 276 g/mol. The minimum absolute atomic E-state index is 0.164. The maximum absolute atomic E-state index is 12.7. The van der Waals surface area contributed by atoms with Gasteiger partial charge in [0.15, 0.2) is 0 Å². The van der Waals surface area contributed by atoms with Gasteiger partial charge in [-0.05, 0) is 30.5 Å². The van der Waals surface area contributed by atoms with Gasteiger partial charge in [0.05, 0.1) is 5.88 Å². The third kappa shape index (κ3) is 2.24. The lowest BCUT2D eigenvalue weighted by molar-refractivity contribution is -0.140. The number of nitrogens with one attached hydrogen (secondary N) is 1. The average Bonchev–Trinajstić information content (AvgIpc) is 2.95. The minimum Gasteiger partial charge on any atom is -0.480 e. The average molecular weight is 292 g/mol. The fourth-order valence-electron chi connectivity index (χ4n) is 2.71. The third-order valence-corrected chi connectivity index (χ3v) is 4.77. The molecule has 1 aromatic carbocycles. The summed E-state index contributed by atoms with van der Waals surface area (Å²) in [6.45, 7) is 0.919. The van der Waals surface area contributed by atoms with E-state index in [0.29, 0.717) is 17.2 Å². The number of nitrogens with zero attached hydrogens (tertiary/aromatic N) is 1. The summed E-state index contributed by atoms with van der Waals surface area (Å²) < 4.78 is 0. The number of hydrogen-bond donors (Lipinski definition) is 2. The predicted octanol–water partition coefficient (Wildman–Crippen LogP) is 1.64. The Kier molecular flexibility index (Phi) is 3.56. The zero-order valence-corrected chi connectivity index (χ0v) is 11.8. The second-order valence-electron chi connectivity index (χ2n) is 4.99. The first kappa shape index (κ1) is 13.3. The summed E-state index contributed by atoms with van der Waals surface area (Å²) in [6, 6.07) is 4.91.